The number of alkyl carbamates (subject to hydrolysis) is 1. The van der Waals surface area contributed by atoms with Gasteiger partial charge in [-0.3, -0.25) is 0 Å². The summed E-state index contributed by atoms with van der Waals surface area (Å²) in [6, 6.07) is 0.297. The van der Waals surface area contributed by atoms with Gasteiger partial charge < -0.3 is 15.4 Å². The van der Waals surface area contributed by atoms with Gasteiger partial charge in [-0.1, -0.05) is 0 Å². The number of rotatable bonds is 1. The van der Waals surface area contributed by atoms with Crippen molar-refractivity contribution in [2.24, 2.45) is 11.8 Å². The van der Waals surface area contributed by atoms with E-state index >= 15 is 0 Å². The topological polar surface area (TPSA) is 50.4 Å². The molecule has 1 saturated carbocycles. The second-order valence-corrected chi connectivity index (χ2v) is 6.33. The minimum Gasteiger partial charge on any atom is -0.444 e. The first-order valence-corrected chi connectivity index (χ1v) is 6.64. The van der Waals surface area contributed by atoms with Gasteiger partial charge in [0.05, 0.1) is 0 Å². The Bertz CT molecular complexity index is 286. The van der Waals surface area contributed by atoms with Crippen LogP contribution in [0.25, 0.3) is 0 Å². The second-order valence-electron chi connectivity index (χ2n) is 6.33. The van der Waals surface area contributed by atoms with Crippen LogP contribution in [0.4, 0.5) is 4.79 Å². The summed E-state index contributed by atoms with van der Waals surface area (Å²) in [5, 5.41) is 6.43. The lowest BCUT2D eigenvalue weighted by molar-refractivity contribution is 0.0479. The minimum atomic E-state index is -0.407. The molecule has 4 nitrogen and oxygen atoms in total. The van der Waals surface area contributed by atoms with Crippen molar-refractivity contribution in [1.82, 2.24) is 10.6 Å². The van der Waals surface area contributed by atoms with Crippen LogP contribution >= 0.6 is 0 Å². The molecule has 1 heterocycles. The van der Waals surface area contributed by atoms with Crippen molar-refractivity contribution in [2.45, 2.75) is 51.7 Å². The standard InChI is InChI=1S/C13H24N2O2/c1-13(2,3)17-12(16)15-11-5-4-9-7-14-8-10(9)6-11/h9-11,14H,4-8H2,1-3H3,(H,15,16)/t9-,10+,11-/m0/s1. The van der Waals surface area contributed by atoms with Gasteiger partial charge >= 0.3 is 6.09 Å². The summed E-state index contributed by atoms with van der Waals surface area (Å²) < 4.78 is 5.29. The molecule has 2 fully saturated rings. The van der Waals surface area contributed by atoms with Gasteiger partial charge in [0.1, 0.15) is 5.60 Å². The molecule has 0 bridgehead atoms. The third-order valence-corrected chi connectivity index (χ3v) is 3.67. The summed E-state index contributed by atoms with van der Waals surface area (Å²) in [6.07, 6.45) is 3.13. The lowest BCUT2D eigenvalue weighted by Gasteiger charge is -2.32. The van der Waals surface area contributed by atoms with E-state index in [0.717, 1.165) is 37.8 Å². The van der Waals surface area contributed by atoms with Crippen LogP contribution in [0.15, 0.2) is 0 Å². The summed E-state index contributed by atoms with van der Waals surface area (Å²) in [6.45, 7) is 7.94. The van der Waals surface area contributed by atoms with Gasteiger partial charge in [-0.05, 0) is 65.0 Å². The van der Waals surface area contributed by atoms with E-state index in [0.29, 0.717) is 6.04 Å². The van der Waals surface area contributed by atoms with Crippen LogP contribution in [0.5, 0.6) is 0 Å². The van der Waals surface area contributed by atoms with Crippen LogP contribution in [-0.4, -0.2) is 30.8 Å². The Kier molecular flexibility index (Phi) is 3.61. The molecule has 0 aromatic carbocycles. The molecular weight excluding hydrogens is 216 g/mol. The number of hydrogen-bond acceptors (Lipinski definition) is 3. The molecule has 1 amide bonds. The largest absolute Gasteiger partial charge is 0.444 e. The smallest absolute Gasteiger partial charge is 0.407 e. The van der Waals surface area contributed by atoms with Gasteiger partial charge in [-0.25, -0.2) is 4.79 Å². The van der Waals surface area contributed by atoms with Crippen LogP contribution in [0.2, 0.25) is 0 Å². The third-order valence-electron chi connectivity index (χ3n) is 3.67. The van der Waals surface area contributed by atoms with Gasteiger partial charge in [0, 0.05) is 6.04 Å². The Morgan fingerprint density at radius 2 is 1.94 bits per heavy atom. The molecule has 0 aromatic rings. The maximum absolute atomic E-state index is 11.7. The molecule has 98 valence electrons. The van der Waals surface area contributed by atoms with Gasteiger partial charge in [-0.15, -0.1) is 0 Å². The Hall–Kier alpha value is -0.770. The highest BCUT2D eigenvalue weighted by Crippen LogP contribution is 2.32. The van der Waals surface area contributed by atoms with Crippen LogP contribution in [0.1, 0.15) is 40.0 Å². The number of hydrogen-bond donors (Lipinski definition) is 2. The average molecular weight is 240 g/mol. The molecule has 0 radical (unpaired) electrons. The fourth-order valence-electron chi connectivity index (χ4n) is 2.90. The first-order valence-electron chi connectivity index (χ1n) is 6.64. The molecule has 0 unspecified atom stereocenters. The van der Waals surface area contributed by atoms with E-state index in [4.69, 9.17) is 4.74 Å². The SMILES string of the molecule is CC(C)(C)OC(=O)N[C@H]1CC[C@H]2CNC[C@H]2C1. The summed E-state index contributed by atoms with van der Waals surface area (Å²) in [7, 11) is 0. The highest BCUT2D eigenvalue weighted by atomic mass is 16.6. The highest BCUT2D eigenvalue weighted by Gasteiger charge is 2.34. The molecule has 1 aliphatic carbocycles. The van der Waals surface area contributed by atoms with Crippen molar-refractivity contribution in [2.75, 3.05) is 13.1 Å². The summed E-state index contributed by atoms with van der Waals surface area (Å²) in [5.74, 6) is 1.57. The van der Waals surface area contributed by atoms with Crippen molar-refractivity contribution in [3.05, 3.63) is 0 Å². The van der Waals surface area contributed by atoms with E-state index in [2.05, 4.69) is 10.6 Å². The zero-order valence-corrected chi connectivity index (χ0v) is 11.1. The van der Waals surface area contributed by atoms with Crippen molar-refractivity contribution in [3.63, 3.8) is 0 Å². The number of nitrogens with one attached hydrogen (secondary N) is 2. The Morgan fingerprint density at radius 3 is 2.65 bits per heavy atom. The molecule has 3 atom stereocenters. The quantitative estimate of drug-likeness (QED) is 0.736. The lowest BCUT2D eigenvalue weighted by atomic mass is 9.79. The monoisotopic (exact) mass is 240 g/mol. The Morgan fingerprint density at radius 1 is 1.24 bits per heavy atom. The molecule has 1 aliphatic heterocycles. The van der Waals surface area contributed by atoms with E-state index in [-0.39, 0.29) is 6.09 Å². The summed E-state index contributed by atoms with van der Waals surface area (Å²) in [5.41, 5.74) is -0.407. The highest BCUT2D eigenvalue weighted by molar-refractivity contribution is 5.68. The fourth-order valence-corrected chi connectivity index (χ4v) is 2.90. The van der Waals surface area contributed by atoms with Crippen LogP contribution < -0.4 is 10.6 Å². The predicted molar refractivity (Wildman–Crippen MR) is 66.9 cm³/mol. The Labute approximate surface area is 103 Å². The van der Waals surface area contributed by atoms with Crippen molar-refractivity contribution in [1.29, 1.82) is 0 Å². The number of fused-ring (bicyclic) bond motifs is 1. The molecule has 0 aromatic heterocycles. The van der Waals surface area contributed by atoms with Crippen molar-refractivity contribution >= 4 is 6.09 Å². The second kappa shape index (κ2) is 4.84. The van der Waals surface area contributed by atoms with Gasteiger partial charge in [0.15, 0.2) is 0 Å². The first kappa shape index (κ1) is 12.7. The zero-order valence-electron chi connectivity index (χ0n) is 11.1. The molecule has 1 saturated heterocycles. The van der Waals surface area contributed by atoms with E-state index in [1.54, 1.807) is 0 Å². The molecule has 2 N–H and O–H groups in total. The molecule has 2 aliphatic rings. The van der Waals surface area contributed by atoms with Gasteiger partial charge in [-0.2, -0.15) is 0 Å². The number of carbonyl (C=O) groups is 1. The average Bonchev–Trinajstić information content (AvgIpc) is 2.61. The van der Waals surface area contributed by atoms with E-state index < -0.39 is 5.60 Å². The van der Waals surface area contributed by atoms with Gasteiger partial charge in [0.25, 0.3) is 0 Å². The fraction of sp³-hybridized carbons (Fsp3) is 0.923. The van der Waals surface area contributed by atoms with Crippen LogP contribution in [0.3, 0.4) is 0 Å². The predicted octanol–water partition coefficient (Wildman–Crippen LogP) is 1.90. The summed E-state index contributed by atoms with van der Waals surface area (Å²) in [4.78, 5) is 11.7. The lowest BCUT2D eigenvalue weighted by Crippen LogP contribution is -2.43. The van der Waals surface area contributed by atoms with Crippen molar-refractivity contribution in [3.8, 4) is 0 Å². The third kappa shape index (κ3) is 3.60. The minimum absolute atomic E-state index is 0.271. The first-order chi connectivity index (χ1) is 7.94. The number of ether oxygens (including phenoxy) is 1. The molecule has 4 heteroatoms. The van der Waals surface area contributed by atoms with E-state index in [9.17, 15) is 4.79 Å². The maximum atomic E-state index is 11.7. The maximum Gasteiger partial charge on any atom is 0.407 e. The van der Waals surface area contributed by atoms with Crippen LogP contribution in [-0.2, 0) is 4.74 Å². The molecule has 17 heavy (non-hydrogen) atoms. The zero-order chi connectivity index (χ0) is 12.5. The molecule has 2 rings (SSSR count). The van der Waals surface area contributed by atoms with Crippen LogP contribution in [0, 0.1) is 11.8 Å². The van der Waals surface area contributed by atoms with E-state index in [1.165, 1.54) is 6.42 Å². The molecule has 0 spiro atoms. The normalized spacial score (nSPS) is 33.0. The van der Waals surface area contributed by atoms with Gasteiger partial charge in [0.2, 0.25) is 0 Å². The number of amides is 1. The van der Waals surface area contributed by atoms with E-state index in [1.807, 2.05) is 20.8 Å². The number of carbonyl (C=O) groups excluding carboxylic acids is 1. The summed E-state index contributed by atoms with van der Waals surface area (Å²) >= 11 is 0. The Balaban J connectivity index is 1.78. The molecular formula is C13H24N2O2. The van der Waals surface area contributed by atoms with Crippen molar-refractivity contribution < 1.29 is 9.53 Å².